The molecule has 0 spiro atoms. The molecule has 4 heteroatoms. The Morgan fingerprint density at radius 1 is 0.224 bits per heavy atom. The Kier molecular flexibility index (Phi) is 53.2. The van der Waals surface area contributed by atoms with E-state index in [1.54, 1.807) is 0 Å². The van der Waals surface area contributed by atoms with Crippen molar-refractivity contribution in [3.8, 4) is 0 Å². The molecule has 3 nitrogen and oxygen atoms in total. The van der Waals surface area contributed by atoms with Gasteiger partial charge in [0.1, 0.15) is 0 Å². The average molecular weight is 833 g/mol. The van der Waals surface area contributed by atoms with Gasteiger partial charge in [0.25, 0.3) is 0 Å². The first-order valence-electron chi connectivity index (χ1n) is 26.6. The molecule has 0 heterocycles. The zero-order chi connectivity index (χ0) is 41.8. The lowest BCUT2D eigenvalue weighted by Gasteiger charge is -2.11. The second-order valence-corrected chi connectivity index (χ2v) is 18.9. The van der Waals surface area contributed by atoms with Gasteiger partial charge < -0.3 is 13.6 Å². The van der Waals surface area contributed by atoms with Gasteiger partial charge in [0.2, 0.25) is 0 Å². The van der Waals surface area contributed by atoms with Crippen molar-refractivity contribution in [2.45, 2.75) is 310 Å². The van der Waals surface area contributed by atoms with E-state index in [-0.39, 0.29) is 0 Å². The summed E-state index contributed by atoms with van der Waals surface area (Å²) in [5.41, 5.74) is 0. The predicted molar refractivity (Wildman–Crippen MR) is 262 cm³/mol. The summed E-state index contributed by atoms with van der Waals surface area (Å²) in [7, 11) is -1.45. The highest BCUT2D eigenvalue weighted by Crippen LogP contribution is 2.41. The molecule has 58 heavy (non-hydrogen) atoms. The van der Waals surface area contributed by atoms with E-state index in [0.717, 1.165) is 19.3 Å². The van der Waals surface area contributed by atoms with Gasteiger partial charge in [-0.15, -0.1) is 0 Å². The Labute approximate surface area is 367 Å². The molecule has 0 aromatic rings. The number of hydrogen-bond acceptors (Lipinski definition) is 3. The van der Waals surface area contributed by atoms with Gasteiger partial charge in [-0.3, -0.25) is 0 Å². The maximum absolute atomic E-state index is 5.96. The maximum atomic E-state index is 5.96. The normalized spacial score (nSPS) is 12.0. The van der Waals surface area contributed by atoms with Crippen LogP contribution in [0.2, 0.25) is 0 Å². The molecule has 0 aliphatic heterocycles. The minimum atomic E-state index is -1.45. The van der Waals surface area contributed by atoms with Crippen molar-refractivity contribution < 1.29 is 13.6 Å². The van der Waals surface area contributed by atoms with Crippen molar-refractivity contribution in [2.24, 2.45) is 0 Å². The summed E-state index contributed by atoms with van der Waals surface area (Å²) in [5, 5.41) is 0. The lowest BCUT2D eigenvalue weighted by atomic mass is 10.0. The van der Waals surface area contributed by atoms with Crippen LogP contribution in [0.5, 0.6) is 0 Å². The Morgan fingerprint density at radius 2 is 0.379 bits per heavy atom. The van der Waals surface area contributed by atoms with Crippen LogP contribution in [0, 0.1) is 0 Å². The van der Waals surface area contributed by atoms with Crippen LogP contribution in [0.1, 0.15) is 310 Å². The van der Waals surface area contributed by atoms with Crippen molar-refractivity contribution in [3.63, 3.8) is 0 Å². The van der Waals surface area contributed by atoms with E-state index in [1.807, 2.05) is 18.8 Å². The molecule has 0 rings (SSSR count). The SMILES string of the molecule is CCCCCCCCCCCCCCCC/C=C/OP(O/C=C/CCCCCCCCCCCCCCCC)O/C=C/CCCCCCCCCCCCCCCC. The largest absolute Gasteiger partial charge is 0.528 e. The van der Waals surface area contributed by atoms with Gasteiger partial charge in [-0.2, -0.15) is 0 Å². The van der Waals surface area contributed by atoms with Crippen molar-refractivity contribution in [1.29, 1.82) is 0 Å². The van der Waals surface area contributed by atoms with E-state index < -0.39 is 8.60 Å². The highest BCUT2D eigenvalue weighted by atomic mass is 31.2. The number of rotatable bonds is 51. The molecular formula is C54H105O3P. The first-order chi connectivity index (χ1) is 28.8. The summed E-state index contributed by atoms with van der Waals surface area (Å²) in [6.07, 6.45) is 73.8. The van der Waals surface area contributed by atoms with E-state index in [0.29, 0.717) is 0 Å². The second-order valence-electron chi connectivity index (χ2n) is 17.8. The fourth-order valence-electron chi connectivity index (χ4n) is 7.93. The molecule has 0 bridgehead atoms. The summed E-state index contributed by atoms with van der Waals surface area (Å²) >= 11 is 0. The van der Waals surface area contributed by atoms with E-state index >= 15 is 0 Å². The van der Waals surface area contributed by atoms with Crippen LogP contribution < -0.4 is 0 Å². The lowest BCUT2D eigenvalue weighted by molar-refractivity contribution is 0.302. The van der Waals surface area contributed by atoms with Gasteiger partial charge in [-0.25, -0.2) is 0 Å². The smallest absolute Gasteiger partial charge is 0.417 e. The highest BCUT2D eigenvalue weighted by molar-refractivity contribution is 7.42. The van der Waals surface area contributed by atoms with Gasteiger partial charge in [-0.1, -0.05) is 271 Å². The summed E-state index contributed by atoms with van der Waals surface area (Å²) < 4.78 is 17.9. The van der Waals surface area contributed by atoms with Crippen molar-refractivity contribution in [2.75, 3.05) is 0 Å². The van der Waals surface area contributed by atoms with Gasteiger partial charge >= 0.3 is 8.60 Å². The third-order valence-corrected chi connectivity index (χ3v) is 12.8. The molecule has 0 aliphatic carbocycles. The van der Waals surface area contributed by atoms with E-state index in [9.17, 15) is 0 Å². The Balaban J connectivity index is 4.14. The Hall–Kier alpha value is -0.950. The molecule has 0 atom stereocenters. The number of hydrogen-bond donors (Lipinski definition) is 0. The third kappa shape index (κ3) is 51.2. The van der Waals surface area contributed by atoms with Crippen molar-refractivity contribution in [1.82, 2.24) is 0 Å². The van der Waals surface area contributed by atoms with E-state index in [2.05, 4.69) is 39.0 Å². The average Bonchev–Trinajstić information content (AvgIpc) is 3.23. The van der Waals surface area contributed by atoms with Crippen LogP contribution in [0.15, 0.2) is 37.0 Å². The fraction of sp³-hybridized carbons (Fsp3) is 0.889. The van der Waals surface area contributed by atoms with Crippen LogP contribution in [-0.2, 0) is 13.6 Å². The minimum absolute atomic E-state index is 1.06. The molecule has 0 N–H and O–H groups in total. The monoisotopic (exact) mass is 833 g/mol. The molecule has 0 aromatic carbocycles. The summed E-state index contributed by atoms with van der Waals surface area (Å²) in [6, 6.07) is 0. The molecule has 0 unspecified atom stereocenters. The highest BCUT2D eigenvalue weighted by Gasteiger charge is 2.11. The fourth-order valence-corrected chi connectivity index (χ4v) is 8.63. The van der Waals surface area contributed by atoms with Crippen LogP contribution in [0.4, 0.5) is 0 Å². The summed E-state index contributed by atoms with van der Waals surface area (Å²) in [4.78, 5) is 0. The number of unbranched alkanes of at least 4 members (excludes halogenated alkanes) is 42. The molecule has 344 valence electrons. The quantitative estimate of drug-likeness (QED) is 0.0347. The first kappa shape index (κ1) is 57.1. The Morgan fingerprint density at radius 3 is 0.552 bits per heavy atom. The van der Waals surface area contributed by atoms with Gasteiger partial charge in [-0.05, 0) is 56.8 Å². The summed E-state index contributed by atoms with van der Waals surface area (Å²) in [6.45, 7) is 6.90. The first-order valence-corrected chi connectivity index (χ1v) is 27.7. The minimum Gasteiger partial charge on any atom is -0.417 e. The molecule has 0 radical (unpaired) electrons. The van der Waals surface area contributed by atoms with Crippen LogP contribution in [0.25, 0.3) is 0 Å². The van der Waals surface area contributed by atoms with E-state index in [1.165, 1.54) is 270 Å². The van der Waals surface area contributed by atoms with Crippen molar-refractivity contribution >= 4 is 8.60 Å². The third-order valence-electron chi connectivity index (χ3n) is 11.9. The molecule has 0 aliphatic rings. The molecule has 0 fully saturated rings. The second kappa shape index (κ2) is 54.1. The number of allylic oxidation sites excluding steroid dienone is 3. The van der Waals surface area contributed by atoms with Gasteiger partial charge in [0.05, 0.1) is 18.8 Å². The molecule has 0 saturated carbocycles. The topological polar surface area (TPSA) is 27.7 Å². The predicted octanol–water partition coefficient (Wildman–Crippen LogP) is 21.4. The van der Waals surface area contributed by atoms with Crippen LogP contribution in [-0.4, -0.2) is 0 Å². The lowest BCUT2D eigenvalue weighted by Crippen LogP contribution is -1.84. The molecular weight excluding hydrogens is 728 g/mol. The molecule has 0 amide bonds. The Bertz CT molecular complexity index is 705. The standard InChI is InChI=1S/C54H105O3P/c1-4-7-10-13-16-19-22-25-28-31-34-37-40-43-46-49-52-55-58(56-53-50-47-44-41-38-35-32-29-26-23-20-17-14-11-8-5-2)57-54-51-48-45-42-39-36-33-30-27-24-21-18-15-12-9-6-3/h49-54H,4-48H2,1-3H3/b52-49+,53-50+,54-51+. The van der Waals surface area contributed by atoms with Crippen molar-refractivity contribution in [3.05, 3.63) is 37.0 Å². The zero-order valence-electron chi connectivity index (χ0n) is 40.0. The van der Waals surface area contributed by atoms with Gasteiger partial charge in [0, 0.05) is 0 Å². The van der Waals surface area contributed by atoms with Gasteiger partial charge in [0.15, 0.2) is 0 Å². The maximum Gasteiger partial charge on any atom is 0.528 e. The molecule has 0 saturated heterocycles. The molecule has 0 aromatic heterocycles. The zero-order valence-corrected chi connectivity index (χ0v) is 40.9. The summed E-state index contributed by atoms with van der Waals surface area (Å²) in [5.74, 6) is 0. The van der Waals surface area contributed by atoms with Crippen LogP contribution in [0.3, 0.4) is 0 Å². The van der Waals surface area contributed by atoms with E-state index in [4.69, 9.17) is 13.6 Å². The van der Waals surface area contributed by atoms with Crippen LogP contribution >= 0.6 is 8.60 Å².